The Morgan fingerprint density at radius 3 is 2.89 bits per heavy atom. The Bertz CT molecular complexity index is 432. The Kier molecular flexibility index (Phi) is 4.87. The van der Waals surface area contributed by atoms with Gasteiger partial charge >= 0.3 is 5.97 Å². The second kappa shape index (κ2) is 6.63. The number of aliphatic carboxylic acids is 1. The van der Waals surface area contributed by atoms with Crippen molar-refractivity contribution in [1.82, 2.24) is 4.90 Å². The van der Waals surface area contributed by atoms with E-state index in [1.165, 1.54) is 6.07 Å². The number of ether oxygens (including phenoxy) is 1. The largest absolute Gasteiger partial charge is 0.480 e. The molecule has 4 nitrogen and oxygen atoms in total. The maximum Gasteiger partial charge on any atom is 0.317 e. The summed E-state index contributed by atoms with van der Waals surface area (Å²) in [6.07, 6.45) is 2.00. The van der Waals surface area contributed by atoms with Crippen molar-refractivity contribution in [3.63, 3.8) is 0 Å². The molecule has 1 aliphatic rings. The zero-order chi connectivity index (χ0) is 13.7. The summed E-state index contributed by atoms with van der Waals surface area (Å²) < 4.78 is 19.1. The quantitative estimate of drug-likeness (QED) is 0.855. The minimum absolute atomic E-state index is 0.0612. The monoisotopic (exact) mass is 267 g/mol. The molecule has 0 spiro atoms. The summed E-state index contributed by atoms with van der Waals surface area (Å²) in [4.78, 5) is 12.6. The van der Waals surface area contributed by atoms with Gasteiger partial charge in [0, 0.05) is 25.3 Å². The van der Waals surface area contributed by atoms with Crippen LogP contribution in [0.1, 0.15) is 18.4 Å². The van der Waals surface area contributed by atoms with Gasteiger partial charge in [-0.3, -0.25) is 9.69 Å². The summed E-state index contributed by atoms with van der Waals surface area (Å²) in [7, 11) is 0. The number of benzene rings is 1. The van der Waals surface area contributed by atoms with E-state index in [9.17, 15) is 9.18 Å². The van der Waals surface area contributed by atoms with E-state index in [4.69, 9.17) is 9.84 Å². The third-order valence-corrected chi connectivity index (χ3v) is 3.20. The molecule has 0 amide bonds. The van der Waals surface area contributed by atoms with E-state index < -0.39 is 5.97 Å². The summed E-state index contributed by atoms with van der Waals surface area (Å²) in [5.41, 5.74) is 0.516. The molecule has 0 bridgehead atoms. The van der Waals surface area contributed by atoms with Crippen molar-refractivity contribution < 1.29 is 19.0 Å². The fourth-order valence-corrected chi connectivity index (χ4v) is 2.32. The Morgan fingerprint density at radius 2 is 2.26 bits per heavy atom. The zero-order valence-corrected chi connectivity index (χ0v) is 10.7. The van der Waals surface area contributed by atoms with Crippen LogP contribution in [0.4, 0.5) is 4.39 Å². The van der Waals surface area contributed by atoms with E-state index in [1.807, 2.05) is 0 Å². The Hall–Kier alpha value is -1.46. The van der Waals surface area contributed by atoms with Crippen LogP contribution < -0.4 is 0 Å². The Morgan fingerprint density at radius 1 is 1.47 bits per heavy atom. The van der Waals surface area contributed by atoms with Gasteiger partial charge in [-0.25, -0.2) is 4.39 Å². The van der Waals surface area contributed by atoms with E-state index in [0.717, 1.165) is 19.4 Å². The molecule has 0 saturated carbocycles. The van der Waals surface area contributed by atoms with Crippen LogP contribution in [-0.2, 0) is 16.1 Å². The third kappa shape index (κ3) is 4.29. The summed E-state index contributed by atoms with van der Waals surface area (Å²) in [6, 6.07) is 6.45. The number of carboxylic acid groups (broad SMARTS) is 1. The first-order chi connectivity index (χ1) is 9.15. The molecule has 1 aliphatic heterocycles. The van der Waals surface area contributed by atoms with Crippen LogP contribution in [0.5, 0.6) is 0 Å². The lowest BCUT2D eigenvalue weighted by Crippen LogP contribution is -2.36. The molecule has 104 valence electrons. The van der Waals surface area contributed by atoms with Gasteiger partial charge in [0.2, 0.25) is 0 Å². The fourth-order valence-electron chi connectivity index (χ4n) is 2.32. The summed E-state index contributed by atoms with van der Waals surface area (Å²) in [6.45, 7) is 1.44. The van der Waals surface area contributed by atoms with Crippen LogP contribution in [0.2, 0.25) is 0 Å². The van der Waals surface area contributed by atoms with Gasteiger partial charge in [0.05, 0.1) is 12.6 Å². The number of hydrogen-bond donors (Lipinski definition) is 1. The highest BCUT2D eigenvalue weighted by Gasteiger charge is 2.21. The zero-order valence-electron chi connectivity index (χ0n) is 10.7. The molecule has 0 radical (unpaired) electrons. The van der Waals surface area contributed by atoms with Crippen LogP contribution >= 0.6 is 0 Å². The molecule has 1 unspecified atom stereocenters. The summed E-state index contributed by atoms with van der Waals surface area (Å²) >= 11 is 0. The Balaban J connectivity index is 2.00. The standard InChI is InChI=1S/C14H18FNO3/c15-13-6-2-1-4-11(13)8-16(10-14(17)18)9-12-5-3-7-19-12/h1-2,4,6,12H,3,5,7-10H2,(H,17,18). The predicted molar refractivity (Wildman–Crippen MR) is 68.3 cm³/mol. The van der Waals surface area contributed by atoms with Crippen LogP contribution in [0.15, 0.2) is 24.3 Å². The number of carbonyl (C=O) groups is 1. The Labute approximate surface area is 111 Å². The topological polar surface area (TPSA) is 49.8 Å². The van der Waals surface area contributed by atoms with E-state index >= 15 is 0 Å². The van der Waals surface area contributed by atoms with Crippen LogP contribution in [0.25, 0.3) is 0 Å². The van der Waals surface area contributed by atoms with Crippen molar-refractivity contribution in [3.05, 3.63) is 35.6 Å². The first-order valence-corrected chi connectivity index (χ1v) is 6.44. The predicted octanol–water partition coefficient (Wildman–Crippen LogP) is 1.89. The SMILES string of the molecule is O=C(O)CN(Cc1ccccc1F)CC1CCCO1. The lowest BCUT2D eigenvalue weighted by atomic mass is 10.1. The van der Waals surface area contributed by atoms with Gasteiger partial charge in [0.1, 0.15) is 5.82 Å². The van der Waals surface area contributed by atoms with E-state index in [2.05, 4.69) is 0 Å². The lowest BCUT2D eigenvalue weighted by Gasteiger charge is -2.23. The first kappa shape index (κ1) is 14.0. The molecular formula is C14H18FNO3. The van der Waals surface area contributed by atoms with Crippen molar-refractivity contribution in [3.8, 4) is 0 Å². The van der Waals surface area contributed by atoms with Crippen LogP contribution in [-0.4, -0.2) is 41.8 Å². The van der Waals surface area contributed by atoms with Crippen molar-refractivity contribution in [2.45, 2.75) is 25.5 Å². The molecule has 1 aromatic rings. The average Bonchev–Trinajstić information content (AvgIpc) is 2.84. The summed E-state index contributed by atoms with van der Waals surface area (Å²) in [5.74, 6) is -1.21. The highest BCUT2D eigenvalue weighted by atomic mass is 19.1. The number of halogens is 1. The molecular weight excluding hydrogens is 249 g/mol. The molecule has 19 heavy (non-hydrogen) atoms. The lowest BCUT2D eigenvalue weighted by molar-refractivity contribution is -0.138. The fraction of sp³-hybridized carbons (Fsp3) is 0.500. The van der Waals surface area contributed by atoms with Crippen molar-refractivity contribution in [2.75, 3.05) is 19.7 Å². The molecule has 0 aliphatic carbocycles. The molecule has 1 atom stereocenters. The van der Waals surface area contributed by atoms with Gasteiger partial charge in [-0.05, 0) is 18.9 Å². The number of carboxylic acids is 1. The van der Waals surface area contributed by atoms with E-state index in [0.29, 0.717) is 18.7 Å². The molecule has 1 aromatic carbocycles. The van der Waals surface area contributed by atoms with Gasteiger partial charge in [-0.1, -0.05) is 18.2 Å². The number of rotatable bonds is 6. The maximum atomic E-state index is 13.6. The molecule has 2 rings (SSSR count). The molecule has 5 heteroatoms. The van der Waals surface area contributed by atoms with Crippen molar-refractivity contribution in [2.24, 2.45) is 0 Å². The van der Waals surface area contributed by atoms with Crippen LogP contribution in [0.3, 0.4) is 0 Å². The van der Waals surface area contributed by atoms with Crippen molar-refractivity contribution in [1.29, 1.82) is 0 Å². The highest BCUT2D eigenvalue weighted by Crippen LogP contribution is 2.16. The van der Waals surface area contributed by atoms with Gasteiger partial charge < -0.3 is 9.84 Å². The van der Waals surface area contributed by atoms with E-state index in [1.54, 1.807) is 23.1 Å². The van der Waals surface area contributed by atoms with Crippen molar-refractivity contribution >= 4 is 5.97 Å². The smallest absolute Gasteiger partial charge is 0.317 e. The average molecular weight is 267 g/mol. The molecule has 0 aromatic heterocycles. The molecule has 1 heterocycles. The maximum absolute atomic E-state index is 13.6. The van der Waals surface area contributed by atoms with Gasteiger partial charge in [0.15, 0.2) is 0 Å². The minimum Gasteiger partial charge on any atom is -0.480 e. The van der Waals surface area contributed by atoms with Gasteiger partial charge in [-0.2, -0.15) is 0 Å². The number of nitrogens with zero attached hydrogens (tertiary/aromatic N) is 1. The third-order valence-electron chi connectivity index (χ3n) is 3.20. The van der Waals surface area contributed by atoms with Crippen LogP contribution in [0, 0.1) is 5.82 Å². The minimum atomic E-state index is -0.908. The van der Waals surface area contributed by atoms with Gasteiger partial charge in [0.25, 0.3) is 0 Å². The van der Waals surface area contributed by atoms with Gasteiger partial charge in [-0.15, -0.1) is 0 Å². The number of hydrogen-bond acceptors (Lipinski definition) is 3. The normalized spacial score (nSPS) is 18.9. The molecule has 1 N–H and O–H groups in total. The second-order valence-corrected chi connectivity index (χ2v) is 4.79. The molecule has 1 fully saturated rings. The highest BCUT2D eigenvalue weighted by molar-refractivity contribution is 5.69. The molecule has 1 saturated heterocycles. The second-order valence-electron chi connectivity index (χ2n) is 4.79. The van der Waals surface area contributed by atoms with E-state index in [-0.39, 0.29) is 18.5 Å². The first-order valence-electron chi connectivity index (χ1n) is 6.44. The summed E-state index contributed by atoms with van der Waals surface area (Å²) in [5, 5.41) is 8.93.